The Hall–Kier alpha value is -0.980. The number of rotatable bonds is 6. The van der Waals surface area contributed by atoms with Crippen molar-refractivity contribution in [1.29, 1.82) is 0 Å². The molecular formula is C11H21N3O3. The maximum Gasteiger partial charge on any atom is 0.223 e. The van der Waals surface area contributed by atoms with Gasteiger partial charge in [0.15, 0.2) is 5.82 Å². The van der Waals surface area contributed by atoms with E-state index in [0.717, 1.165) is 0 Å². The SMILES string of the molecule is Cc1nc(CNCC(O)COC(C)(C)C)no1. The van der Waals surface area contributed by atoms with Crippen molar-refractivity contribution < 1.29 is 14.4 Å². The number of ether oxygens (including phenoxy) is 1. The van der Waals surface area contributed by atoms with Gasteiger partial charge in [0, 0.05) is 13.5 Å². The van der Waals surface area contributed by atoms with Gasteiger partial charge in [-0.05, 0) is 20.8 Å². The van der Waals surface area contributed by atoms with E-state index in [-0.39, 0.29) is 5.60 Å². The van der Waals surface area contributed by atoms with Gasteiger partial charge in [0.2, 0.25) is 5.89 Å². The maximum atomic E-state index is 9.64. The van der Waals surface area contributed by atoms with E-state index in [4.69, 9.17) is 9.26 Å². The molecule has 1 rings (SSSR count). The van der Waals surface area contributed by atoms with Gasteiger partial charge in [0.1, 0.15) is 0 Å². The van der Waals surface area contributed by atoms with Crippen molar-refractivity contribution in [1.82, 2.24) is 15.5 Å². The zero-order valence-corrected chi connectivity index (χ0v) is 10.9. The van der Waals surface area contributed by atoms with Gasteiger partial charge in [0.25, 0.3) is 0 Å². The predicted molar refractivity (Wildman–Crippen MR) is 62.5 cm³/mol. The van der Waals surface area contributed by atoms with Crippen LogP contribution < -0.4 is 5.32 Å². The monoisotopic (exact) mass is 243 g/mol. The van der Waals surface area contributed by atoms with Crippen LogP contribution in [-0.4, -0.2) is 40.1 Å². The molecule has 0 bridgehead atoms. The molecule has 0 aliphatic carbocycles. The van der Waals surface area contributed by atoms with Crippen LogP contribution >= 0.6 is 0 Å². The first kappa shape index (κ1) is 14.1. The number of aliphatic hydroxyl groups is 1. The summed E-state index contributed by atoms with van der Waals surface area (Å²) in [6.07, 6.45) is -0.540. The van der Waals surface area contributed by atoms with Gasteiger partial charge < -0.3 is 19.7 Å². The number of aromatic nitrogens is 2. The van der Waals surface area contributed by atoms with Crippen molar-refractivity contribution in [2.75, 3.05) is 13.2 Å². The van der Waals surface area contributed by atoms with Gasteiger partial charge in [-0.1, -0.05) is 5.16 Å². The fraction of sp³-hybridized carbons (Fsp3) is 0.818. The summed E-state index contributed by atoms with van der Waals surface area (Å²) >= 11 is 0. The summed E-state index contributed by atoms with van der Waals surface area (Å²) in [5, 5.41) is 16.4. The van der Waals surface area contributed by atoms with E-state index in [1.165, 1.54) is 0 Å². The summed E-state index contributed by atoms with van der Waals surface area (Å²) in [7, 11) is 0. The largest absolute Gasteiger partial charge is 0.389 e. The maximum absolute atomic E-state index is 9.64. The second-order valence-electron chi connectivity index (χ2n) is 4.94. The molecule has 1 unspecified atom stereocenters. The summed E-state index contributed by atoms with van der Waals surface area (Å²) in [6.45, 7) is 8.82. The Bertz CT molecular complexity index is 333. The Morgan fingerprint density at radius 2 is 2.18 bits per heavy atom. The Kier molecular flexibility index (Phi) is 5.04. The summed E-state index contributed by atoms with van der Waals surface area (Å²) in [4.78, 5) is 4.04. The van der Waals surface area contributed by atoms with Crippen LogP contribution in [0.3, 0.4) is 0 Å². The smallest absolute Gasteiger partial charge is 0.223 e. The van der Waals surface area contributed by atoms with Crippen LogP contribution in [0.5, 0.6) is 0 Å². The lowest BCUT2D eigenvalue weighted by Gasteiger charge is -2.21. The fourth-order valence-electron chi connectivity index (χ4n) is 1.17. The highest BCUT2D eigenvalue weighted by molar-refractivity contribution is 4.83. The second kappa shape index (κ2) is 6.09. The molecule has 1 aromatic rings. The number of hydrogen-bond acceptors (Lipinski definition) is 6. The number of aryl methyl sites for hydroxylation is 1. The molecular weight excluding hydrogens is 222 g/mol. The van der Waals surface area contributed by atoms with Crippen LogP contribution in [-0.2, 0) is 11.3 Å². The molecule has 1 heterocycles. The zero-order valence-electron chi connectivity index (χ0n) is 10.9. The first-order valence-corrected chi connectivity index (χ1v) is 5.69. The van der Waals surface area contributed by atoms with Gasteiger partial charge >= 0.3 is 0 Å². The average molecular weight is 243 g/mol. The standard InChI is InChI=1S/C11H21N3O3/c1-8-13-10(14-17-8)6-12-5-9(15)7-16-11(2,3)4/h9,12,15H,5-7H2,1-4H3. The summed E-state index contributed by atoms with van der Waals surface area (Å²) in [6, 6.07) is 0. The second-order valence-corrected chi connectivity index (χ2v) is 4.94. The lowest BCUT2D eigenvalue weighted by molar-refractivity contribution is -0.0479. The minimum absolute atomic E-state index is 0.230. The molecule has 0 spiro atoms. The lowest BCUT2D eigenvalue weighted by Crippen LogP contribution is -2.33. The third-order valence-corrected chi connectivity index (χ3v) is 1.94. The average Bonchev–Trinajstić information content (AvgIpc) is 2.60. The van der Waals surface area contributed by atoms with E-state index in [2.05, 4.69) is 15.5 Å². The molecule has 0 aliphatic rings. The normalized spacial score (nSPS) is 13.9. The fourth-order valence-corrected chi connectivity index (χ4v) is 1.17. The van der Waals surface area contributed by atoms with E-state index in [0.29, 0.717) is 31.4 Å². The van der Waals surface area contributed by atoms with E-state index < -0.39 is 6.10 Å². The number of nitrogens with one attached hydrogen (secondary N) is 1. The Labute approximate surface area is 101 Å². The number of aliphatic hydroxyl groups excluding tert-OH is 1. The van der Waals surface area contributed by atoms with E-state index in [1.54, 1.807) is 6.92 Å². The van der Waals surface area contributed by atoms with Gasteiger partial charge in [-0.15, -0.1) is 0 Å². The molecule has 1 aromatic heterocycles. The topological polar surface area (TPSA) is 80.4 Å². The molecule has 0 aliphatic heterocycles. The van der Waals surface area contributed by atoms with Crippen LogP contribution in [0.25, 0.3) is 0 Å². The van der Waals surface area contributed by atoms with Gasteiger partial charge in [-0.25, -0.2) is 0 Å². The summed E-state index contributed by atoms with van der Waals surface area (Å²) < 4.78 is 10.3. The third kappa shape index (κ3) is 6.35. The number of hydrogen-bond donors (Lipinski definition) is 2. The highest BCUT2D eigenvalue weighted by atomic mass is 16.5. The minimum Gasteiger partial charge on any atom is -0.389 e. The molecule has 0 saturated carbocycles. The lowest BCUT2D eigenvalue weighted by atomic mass is 10.2. The molecule has 1 atom stereocenters. The first-order chi connectivity index (χ1) is 7.87. The molecule has 0 amide bonds. The Morgan fingerprint density at radius 3 is 2.71 bits per heavy atom. The van der Waals surface area contributed by atoms with Crippen LogP contribution in [0.15, 0.2) is 4.52 Å². The first-order valence-electron chi connectivity index (χ1n) is 5.69. The van der Waals surface area contributed by atoms with Crippen LogP contribution in [0.2, 0.25) is 0 Å². The number of nitrogens with zero attached hydrogens (tertiary/aromatic N) is 2. The highest BCUT2D eigenvalue weighted by Crippen LogP contribution is 2.06. The van der Waals surface area contributed by atoms with Crippen LogP contribution in [0.1, 0.15) is 32.5 Å². The van der Waals surface area contributed by atoms with E-state index in [9.17, 15) is 5.11 Å². The molecule has 0 fully saturated rings. The molecule has 17 heavy (non-hydrogen) atoms. The quantitative estimate of drug-likeness (QED) is 0.763. The highest BCUT2D eigenvalue weighted by Gasteiger charge is 2.13. The summed E-state index contributed by atoms with van der Waals surface area (Å²) in [5.41, 5.74) is -0.230. The molecule has 6 nitrogen and oxygen atoms in total. The van der Waals surface area contributed by atoms with E-state index >= 15 is 0 Å². The van der Waals surface area contributed by atoms with Crippen LogP contribution in [0.4, 0.5) is 0 Å². The zero-order chi connectivity index (χ0) is 12.9. The molecule has 2 N–H and O–H groups in total. The molecule has 0 saturated heterocycles. The molecule has 98 valence electrons. The molecule has 6 heteroatoms. The van der Waals surface area contributed by atoms with Crippen molar-refractivity contribution >= 4 is 0 Å². The molecule has 0 aromatic carbocycles. The van der Waals surface area contributed by atoms with Gasteiger partial charge in [-0.3, -0.25) is 0 Å². The summed E-state index contributed by atoms with van der Waals surface area (Å²) in [5.74, 6) is 1.13. The van der Waals surface area contributed by atoms with Crippen molar-refractivity contribution in [3.8, 4) is 0 Å². The Morgan fingerprint density at radius 1 is 1.47 bits per heavy atom. The Balaban J connectivity index is 2.14. The predicted octanol–water partition coefficient (Wildman–Crippen LogP) is 0.644. The third-order valence-electron chi connectivity index (χ3n) is 1.94. The molecule has 0 radical (unpaired) electrons. The van der Waals surface area contributed by atoms with Crippen molar-refractivity contribution in [3.05, 3.63) is 11.7 Å². The van der Waals surface area contributed by atoms with Crippen molar-refractivity contribution in [2.24, 2.45) is 0 Å². The van der Waals surface area contributed by atoms with Crippen LogP contribution in [0, 0.1) is 6.92 Å². The van der Waals surface area contributed by atoms with E-state index in [1.807, 2.05) is 20.8 Å². The minimum atomic E-state index is -0.540. The van der Waals surface area contributed by atoms with Crippen molar-refractivity contribution in [2.45, 2.75) is 45.9 Å². The van der Waals surface area contributed by atoms with Crippen molar-refractivity contribution in [3.63, 3.8) is 0 Å². The van der Waals surface area contributed by atoms with Gasteiger partial charge in [0.05, 0.1) is 24.9 Å². The van der Waals surface area contributed by atoms with Gasteiger partial charge in [-0.2, -0.15) is 4.98 Å².